The normalized spacial score (nSPS) is 11.1. The maximum atomic E-state index is 12.7. The van der Waals surface area contributed by atoms with Gasteiger partial charge < -0.3 is 14.4 Å². The lowest BCUT2D eigenvalue weighted by atomic mass is 9.97. The number of hydrogen-bond donors (Lipinski definition) is 0. The number of benzene rings is 2. The van der Waals surface area contributed by atoms with E-state index in [1.54, 1.807) is 19.0 Å². The fourth-order valence-corrected chi connectivity index (χ4v) is 2.48. The van der Waals surface area contributed by atoms with Crippen LogP contribution in [0.5, 0.6) is 0 Å². The standard InChI is InChI=1S/C18H23NO3/c1-5-21-18(22-6-2)15-12-11-13-9-7-8-10-14(13)16(15)17(20)19(3)4/h7-12,18H,5-6H2,1-4H3. The van der Waals surface area contributed by atoms with Crippen molar-refractivity contribution in [1.29, 1.82) is 0 Å². The number of ether oxygens (including phenoxy) is 2. The summed E-state index contributed by atoms with van der Waals surface area (Å²) in [4.78, 5) is 14.3. The van der Waals surface area contributed by atoms with E-state index >= 15 is 0 Å². The van der Waals surface area contributed by atoms with Crippen LogP contribution in [0.15, 0.2) is 36.4 Å². The first-order valence-corrected chi connectivity index (χ1v) is 7.56. The largest absolute Gasteiger partial charge is 0.349 e. The van der Waals surface area contributed by atoms with Crippen molar-refractivity contribution in [2.24, 2.45) is 0 Å². The van der Waals surface area contributed by atoms with Gasteiger partial charge in [-0.05, 0) is 24.6 Å². The Hall–Kier alpha value is -1.91. The van der Waals surface area contributed by atoms with E-state index in [1.165, 1.54) is 0 Å². The zero-order valence-corrected chi connectivity index (χ0v) is 13.6. The molecule has 22 heavy (non-hydrogen) atoms. The van der Waals surface area contributed by atoms with Gasteiger partial charge in [0.15, 0.2) is 6.29 Å². The summed E-state index contributed by atoms with van der Waals surface area (Å²) in [6.07, 6.45) is -0.529. The van der Waals surface area contributed by atoms with Crippen LogP contribution in [-0.4, -0.2) is 38.1 Å². The molecule has 1 amide bonds. The molecule has 0 aliphatic heterocycles. The van der Waals surface area contributed by atoms with Crippen molar-refractivity contribution in [3.05, 3.63) is 47.5 Å². The second-order valence-electron chi connectivity index (χ2n) is 5.19. The summed E-state index contributed by atoms with van der Waals surface area (Å²) in [5.41, 5.74) is 1.43. The Morgan fingerprint density at radius 1 is 1.05 bits per heavy atom. The molecule has 2 aromatic carbocycles. The Balaban J connectivity index is 2.66. The van der Waals surface area contributed by atoms with Crippen LogP contribution in [0.3, 0.4) is 0 Å². The molecular weight excluding hydrogens is 278 g/mol. The summed E-state index contributed by atoms with van der Waals surface area (Å²) in [6, 6.07) is 11.8. The molecule has 0 atom stereocenters. The van der Waals surface area contributed by atoms with Crippen LogP contribution in [0.25, 0.3) is 10.8 Å². The lowest BCUT2D eigenvalue weighted by molar-refractivity contribution is -0.140. The predicted octanol–water partition coefficient (Wildman–Crippen LogP) is 3.61. The molecule has 0 aliphatic rings. The molecule has 2 rings (SSSR count). The van der Waals surface area contributed by atoms with Crippen LogP contribution in [0, 0.1) is 0 Å². The van der Waals surface area contributed by atoms with Gasteiger partial charge >= 0.3 is 0 Å². The summed E-state index contributed by atoms with van der Waals surface area (Å²) >= 11 is 0. The molecule has 4 heteroatoms. The molecule has 0 aliphatic carbocycles. The number of carbonyl (C=O) groups is 1. The van der Waals surface area contributed by atoms with Crippen molar-refractivity contribution in [2.75, 3.05) is 27.3 Å². The zero-order chi connectivity index (χ0) is 16.1. The quantitative estimate of drug-likeness (QED) is 0.765. The molecule has 0 aromatic heterocycles. The maximum Gasteiger partial charge on any atom is 0.254 e. The van der Waals surface area contributed by atoms with E-state index in [9.17, 15) is 4.79 Å². The number of nitrogens with zero attached hydrogens (tertiary/aromatic N) is 1. The third-order valence-electron chi connectivity index (χ3n) is 3.47. The fraction of sp³-hybridized carbons (Fsp3) is 0.389. The molecule has 0 radical (unpaired) electrons. The molecule has 0 saturated carbocycles. The molecule has 0 saturated heterocycles. The Kier molecular flexibility index (Phi) is 5.52. The lowest BCUT2D eigenvalue weighted by Crippen LogP contribution is -2.25. The molecule has 0 heterocycles. The second kappa shape index (κ2) is 7.38. The van der Waals surface area contributed by atoms with E-state index in [4.69, 9.17) is 9.47 Å². The SMILES string of the molecule is CCOC(OCC)c1ccc2ccccc2c1C(=O)N(C)C. The highest BCUT2D eigenvalue weighted by Gasteiger charge is 2.23. The van der Waals surface area contributed by atoms with Crippen LogP contribution < -0.4 is 0 Å². The van der Waals surface area contributed by atoms with E-state index in [2.05, 4.69) is 0 Å². The summed E-state index contributed by atoms with van der Waals surface area (Å²) in [6.45, 7) is 4.88. The number of carbonyl (C=O) groups excluding carboxylic acids is 1. The van der Waals surface area contributed by atoms with Gasteiger partial charge in [0.05, 0.1) is 5.56 Å². The molecule has 118 valence electrons. The van der Waals surface area contributed by atoms with Crippen molar-refractivity contribution in [3.63, 3.8) is 0 Å². The zero-order valence-electron chi connectivity index (χ0n) is 13.6. The summed E-state index contributed by atoms with van der Waals surface area (Å²) in [7, 11) is 3.51. The third-order valence-corrected chi connectivity index (χ3v) is 3.47. The first kappa shape index (κ1) is 16.5. The highest BCUT2D eigenvalue weighted by molar-refractivity contribution is 6.08. The van der Waals surface area contributed by atoms with Gasteiger partial charge in [-0.1, -0.05) is 36.4 Å². The minimum atomic E-state index is -0.529. The minimum Gasteiger partial charge on any atom is -0.349 e. The van der Waals surface area contributed by atoms with Gasteiger partial charge in [0.1, 0.15) is 0 Å². The average Bonchev–Trinajstić information content (AvgIpc) is 2.52. The van der Waals surface area contributed by atoms with E-state index in [0.717, 1.165) is 16.3 Å². The predicted molar refractivity (Wildman–Crippen MR) is 88.0 cm³/mol. The highest BCUT2D eigenvalue weighted by atomic mass is 16.7. The molecule has 4 nitrogen and oxygen atoms in total. The van der Waals surface area contributed by atoms with Crippen LogP contribution >= 0.6 is 0 Å². The van der Waals surface area contributed by atoms with Crippen LogP contribution in [0.2, 0.25) is 0 Å². The molecule has 0 spiro atoms. The minimum absolute atomic E-state index is 0.0452. The van der Waals surface area contributed by atoms with Gasteiger partial charge in [-0.15, -0.1) is 0 Å². The summed E-state index contributed by atoms with van der Waals surface area (Å²) < 4.78 is 11.4. The molecule has 0 fully saturated rings. The first-order valence-electron chi connectivity index (χ1n) is 7.56. The van der Waals surface area contributed by atoms with Crippen molar-refractivity contribution >= 4 is 16.7 Å². The smallest absolute Gasteiger partial charge is 0.254 e. The Labute approximate surface area is 131 Å². The number of amides is 1. The van der Waals surface area contributed by atoms with Gasteiger partial charge in [0.2, 0.25) is 0 Å². The van der Waals surface area contributed by atoms with Crippen molar-refractivity contribution < 1.29 is 14.3 Å². The van der Waals surface area contributed by atoms with Gasteiger partial charge in [0, 0.05) is 32.9 Å². The van der Waals surface area contributed by atoms with Crippen LogP contribution in [0.4, 0.5) is 0 Å². The van der Waals surface area contributed by atoms with Gasteiger partial charge in [-0.2, -0.15) is 0 Å². The molecule has 2 aromatic rings. The monoisotopic (exact) mass is 301 g/mol. The molecular formula is C18H23NO3. The van der Waals surface area contributed by atoms with E-state index in [-0.39, 0.29) is 5.91 Å². The van der Waals surface area contributed by atoms with Gasteiger partial charge in [0.25, 0.3) is 5.91 Å². The van der Waals surface area contributed by atoms with Crippen LogP contribution in [-0.2, 0) is 9.47 Å². The summed E-state index contributed by atoms with van der Waals surface area (Å²) in [5, 5.41) is 1.95. The third kappa shape index (κ3) is 3.29. The Bertz CT molecular complexity index is 646. The van der Waals surface area contributed by atoms with Gasteiger partial charge in [-0.3, -0.25) is 4.79 Å². The maximum absolute atomic E-state index is 12.7. The number of rotatable bonds is 6. The van der Waals surface area contributed by atoms with Crippen molar-refractivity contribution in [1.82, 2.24) is 4.90 Å². The highest BCUT2D eigenvalue weighted by Crippen LogP contribution is 2.30. The van der Waals surface area contributed by atoms with Crippen LogP contribution in [0.1, 0.15) is 36.1 Å². The number of hydrogen-bond acceptors (Lipinski definition) is 3. The van der Waals surface area contributed by atoms with E-state index in [1.807, 2.05) is 50.2 Å². The number of fused-ring (bicyclic) bond motifs is 1. The van der Waals surface area contributed by atoms with Crippen molar-refractivity contribution in [3.8, 4) is 0 Å². The summed E-state index contributed by atoms with van der Waals surface area (Å²) in [5.74, 6) is -0.0452. The van der Waals surface area contributed by atoms with Crippen molar-refractivity contribution in [2.45, 2.75) is 20.1 Å². The topological polar surface area (TPSA) is 38.8 Å². The Morgan fingerprint density at radius 3 is 2.27 bits per heavy atom. The molecule has 0 bridgehead atoms. The lowest BCUT2D eigenvalue weighted by Gasteiger charge is -2.22. The first-order chi connectivity index (χ1) is 10.6. The fourth-order valence-electron chi connectivity index (χ4n) is 2.48. The average molecular weight is 301 g/mol. The Morgan fingerprint density at radius 2 is 1.68 bits per heavy atom. The van der Waals surface area contributed by atoms with E-state index < -0.39 is 6.29 Å². The molecule has 0 unspecified atom stereocenters. The molecule has 0 N–H and O–H groups in total. The second-order valence-corrected chi connectivity index (χ2v) is 5.19. The van der Waals surface area contributed by atoms with E-state index in [0.29, 0.717) is 18.8 Å². The van der Waals surface area contributed by atoms with Gasteiger partial charge in [-0.25, -0.2) is 0 Å².